The third-order valence-electron chi connectivity index (χ3n) is 4.73. The van der Waals surface area contributed by atoms with Crippen LogP contribution < -0.4 is 5.43 Å². The van der Waals surface area contributed by atoms with Crippen LogP contribution in [0.5, 0.6) is 5.75 Å². The first-order chi connectivity index (χ1) is 16.1. The van der Waals surface area contributed by atoms with Crippen molar-refractivity contribution < 1.29 is 23.5 Å². The van der Waals surface area contributed by atoms with E-state index in [1.54, 1.807) is 6.21 Å². The summed E-state index contributed by atoms with van der Waals surface area (Å²) in [6.07, 6.45) is 1.20. The van der Waals surface area contributed by atoms with Gasteiger partial charge in [0.1, 0.15) is 5.75 Å². The van der Waals surface area contributed by atoms with Gasteiger partial charge in [-0.1, -0.05) is 48.0 Å². The fourth-order valence-electron chi connectivity index (χ4n) is 3.46. The zero-order valence-electron chi connectivity index (χ0n) is 19.5. The van der Waals surface area contributed by atoms with E-state index in [4.69, 9.17) is 20.6 Å². The molecule has 0 unspecified atom stereocenters. The number of aromatic hydroxyl groups is 1. The van der Waals surface area contributed by atoms with E-state index in [1.807, 2.05) is 64.1 Å². The van der Waals surface area contributed by atoms with Crippen molar-refractivity contribution >= 4 is 42.1 Å². The molecule has 0 bridgehead atoms. The average Bonchev–Trinajstić information content (AvgIpc) is 2.75. The Kier molecular flexibility index (Phi) is 8.50. The highest BCUT2D eigenvalue weighted by atomic mass is 35.5. The first kappa shape index (κ1) is 25.9. The van der Waals surface area contributed by atoms with Crippen molar-refractivity contribution in [3.63, 3.8) is 0 Å². The zero-order valence-corrected chi connectivity index (χ0v) is 21.1. The van der Waals surface area contributed by atoms with Gasteiger partial charge in [0.05, 0.1) is 29.6 Å². The maximum absolute atomic E-state index is 13.4. The third-order valence-corrected chi connectivity index (χ3v) is 7.25. The third kappa shape index (κ3) is 6.67. The number of phenols is 1. The minimum Gasteiger partial charge on any atom is -0.506 e. The van der Waals surface area contributed by atoms with Crippen molar-refractivity contribution in [2.75, 3.05) is 0 Å². The Morgan fingerprint density at radius 1 is 1.06 bits per heavy atom. The number of rotatable bonds is 9. The van der Waals surface area contributed by atoms with Gasteiger partial charge in [-0.25, -0.2) is 5.43 Å². The van der Waals surface area contributed by atoms with Crippen LogP contribution in [0.3, 0.4) is 0 Å². The highest BCUT2D eigenvalue weighted by Gasteiger charge is 2.29. The molecule has 2 N–H and O–H groups in total. The van der Waals surface area contributed by atoms with E-state index in [1.165, 1.54) is 18.2 Å². The number of benzene rings is 3. The molecule has 0 aliphatic heterocycles. The first-order valence-electron chi connectivity index (χ1n) is 10.9. The number of halogens is 1. The number of carbonyl (C=O) groups excluding carboxylic acids is 1. The van der Waals surface area contributed by atoms with Crippen molar-refractivity contribution in [3.05, 3.63) is 76.3 Å². The van der Waals surface area contributed by atoms with Gasteiger partial charge in [0.2, 0.25) is 0 Å². The van der Waals surface area contributed by atoms with Crippen LogP contribution in [0.15, 0.2) is 59.7 Å². The average molecular weight is 503 g/mol. The molecule has 0 aliphatic carbocycles. The minimum atomic E-state index is -3.37. The van der Waals surface area contributed by atoms with E-state index in [0.29, 0.717) is 0 Å². The molecule has 34 heavy (non-hydrogen) atoms. The number of nitrogens with zero attached hydrogens (tertiary/aromatic N) is 1. The molecular formula is C25H28ClN2O5P. The predicted octanol–water partition coefficient (Wildman–Crippen LogP) is 6.51. The zero-order chi connectivity index (χ0) is 24.9. The van der Waals surface area contributed by atoms with Crippen molar-refractivity contribution in [1.29, 1.82) is 0 Å². The lowest BCUT2D eigenvalue weighted by Crippen LogP contribution is -2.17. The summed E-state index contributed by atoms with van der Waals surface area (Å²) in [5.74, 6) is -0.563. The summed E-state index contributed by atoms with van der Waals surface area (Å²) >= 11 is 5.86. The lowest BCUT2D eigenvalue weighted by atomic mass is 10.0. The summed E-state index contributed by atoms with van der Waals surface area (Å²) in [5.41, 5.74) is 4.33. The fourth-order valence-corrected chi connectivity index (χ4v) is 5.82. The standard InChI is InChI=1S/C25H28ClN2O5P/c1-16(2)32-34(31,33-17(3)4)15-20-10-9-19(21-7-5-6-8-22(20)21)14-27-28-25(30)18-11-12-24(29)23(26)13-18/h5-14,16-17,29H,15H2,1-4H3,(H,28,30)/b27-14+. The molecule has 3 rings (SSSR count). The first-order valence-corrected chi connectivity index (χ1v) is 13.0. The van der Waals surface area contributed by atoms with Gasteiger partial charge in [0.15, 0.2) is 0 Å². The van der Waals surface area contributed by atoms with E-state index < -0.39 is 13.5 Å². The fraction of sp³-hybridized carbons (Fsp3) is 0.280. The Bertz CT molecular complexity index is 1250. The Morgan fingerprint density at radius 2 is 1.71 bits per heavy atom. The van der Waals surface area contributed by atoms with Gasteiger partial charge >= 0.3 is 7.60 Å². The van der Waals surface area contributed by atoms with Crippen LogP contribution in [-0.2, 0) is 19.8 Å². The number of phenolic OH excluding ortho intramolecular Hbond substituents is 1. The van der Waals surface area contributed by atoms with Gasteiger partial charge in [-0.15, -0.1) is 0 Å². The van der Waals surface area contributed by atoms with E-state index >= 15 is 0 Å². The lowest BCUT2D eigenvalue weighted by molar-refractivity contribution is 0.0955. The van der Waals surface area contributed by atoms with Crippen LogP contribution in [0.1, 0.15) is 49.2 Å². The molecule has 7 nitrogen and oxygen atoms in total. The Morgan fingerprint density at radius 3 is 2.32 bits per heavy atom. The molecule has 0 heterocycles. The molecular weight excluding hydrogens is 475 g/mol. The van der Waals surface area contributed by atoms with Crippen molar-refractivity contribution in [2.45, 2.75) is 46.1 Å². The SMILES string of the molecule is CC(C)OP(=O)(Cc1ccc(/C=N/NC(=O)c2ccc(O)c(Cl)c2)c2ccccc12)OC(C)C. The number of hydrogen-bond acceptors (Lipinski definition) is 6. The van der Waals surface area contributed by atoms with Gasteiger partial charge in [-0.05, 0) is 62.2 Å². The molecule has 0 atom stereocenters. The molecule has 0 saturated carbocycles. The molecule has 0 spiro atoms. The highest BCUT2D eigenvalue weighted by molar-refractivity contribution is 7.53. The topological polar surface area (TPSA) is 97.2 Å². The van der Waals surface area contributed by atoms with Gasteiger partial charge in [-0.3, -0.25) is 9.36 Å². The van der Waals surface area contributed by atoms with Crippen LogP contribution in [0.2, 0.25) is 5.02 Å². The minimum absolute atomic E-state index is 0.0818. The van der Waals surface area contributed by atoms with Gasteiger partial charge in [-0.2, -0.15) is 5.10 Å². The monoisotopic (exact) mass is 502 g/mol. The van der Waals surface area contributed by atoms with Crippen LogP contribution in [0.4, 0.5) is 0 Å². The van der Waals surface area contributed by atoms with Crippen LogP contribution >= 0.6 is 19.2 Å². The second-order valence-electron chi connectivity index (χ2n) is 8.30. The summed E-state index contributed by atoms with van der Waals surface area (Å²) in [6.45, 7) is 7.31. The Balaban J connectivity index is 1.85. The summed E-state index contributed by atoms with van der Waals surface area (Å²) in [7, 11) is -3.37. The molecule has 0 radical (unpaired) electrons. The second kappa shape index (κ2) is 11.2. The number of carbonyl (C=O) groups is 1. The van der Waals surface area contributed by atoms with Crippen molar-refractivity contribution in [1.82, 2.24) is 5.43 Å². The van der Waals surface area contributed by atoms with Crippen molar-refractivity contribution in [3.8, 4) is 5.75 Å². The quantitative estimate of drug-likeness (QED) is 0.197. The molecule has 0 fully saturated rings. The van der Waals surface area contributed by atoms with Crippen LogP contribution in [-0.4, -0.2) is 29.4 Å². The summed E-state index contributed by atoms with van der Waals surface area (Å²) in [6, 6.07) is 15.5. The molecule has 1 amide bonds. The molecule has 0 aliphatic rings. The number of hydrazone groups is 1. The maximum Gasteiger partial charge on any atom is 0.335 e. The highest BCUT2D eigenvalue weighted by Crippen LogP contribution is 2.54. The molecule has 0 aromatic heterocycles. The predicted molar refractivity (Wildman–Crippen MR) is 136 cm³/mol. The molecule has 3 aromatic carbocycles. The largest absolute Gasteiger partial charge is 0.506 e. The van der Waals surface area contributed by atoms with Crippen LogP contribution in [0, 0.1) is 0 Å². The lowest BCUT2D eigenvalue weighted by Gasteiger charge is -2.23. The number of amides is 1. The smallest absolute Gasteiger partial charge is 0.335 e. The van der Waals surface area contributed by atoms with Gasteiger partial charge in [0, 0.05) is 11.1 Å². The Hall–Kier alpha value is -2.70. The molecule has 3 aromatic rings. The van der Waals surface area contributed by atoms with Gasteiger partial charge in [0.25, 0.3) is 5.91 Å². The Labute approximate surface area is 204 Å². The summed E-state index contributed by atoms with van der Waals surface area (Å²) in [5, 5.41) is 15.4. The van der Waals surface area contributed by atoms with E-state index in [0.717, 1.165) is 21.9 Å². The number of fused-ring (bicyclic) bond motifs is 1. The van der Waals surface area contributed by atoms with Crippen LogP contribution in [0.25, 0.3) is 10.8 Å². The summed E-state index contributed by atoms with van der Waals surface area (Å²) in [4.78, 5) is 12.3. The van der Waals surface area contributed by atoms with E-state index in [-0.39, 0.29) is 34.7 Å². The summed E-state index contributed by atoms with van der Waals surface area (Å²) < 4.78 is 24.8. The molecule has 0 saturated heterocycles. The second-order valence-corrected chi connectivity index (χ2v) is 10.7. The maximum atomic E-state index is 13.4. The van der Waals surface area contributed by atoms with E-state index in [2.05, 4.69) is 10.5 Å². The van der Waals surface area contributed by atoms with Gasteiger partial charge < -0.3 is 14.2 Å². The normalized spacial score (nSPS) is 12.2. The number of nitrogens with one attached hydrogen (secondary N) is 1. The molecule has 9 heteroatoms. The molecule has 180 valence electrons. The number of hydrogen-bond donors (Lipinski definition) is 2. The van der Waals surface area contributed by atoms with E-state index in [9.17, 15) is 14.5 Å². The van der Waals surface area contributed by atoms with Crippen molar-refractivity contribution in [2.24, 2.45) is 5.10 Å².